The van der Waals surface area contributed by atoms with Crippen LogP contribution in [-0.4, -0.2) is 15.4 Å². The van der Waals surface area contributed by atoms with Gasteiger partial charge in [0.05, 0.1) is 6.20 Å². The first kappa shape index (κ1) is 11.3. The quantitative estimate of drug-likeness (QED) is 0.819. The van der Waals surface area contributed by atoms with Crippen molar-refractivity contribution < 1.29 is 9.18 Å². The lowest BCUT2D eigenvalue weighted by molar-refractivity contribution is 0.0995. The van der Waals surface area contributed by atoms with Gasteiger partial charge in [0, 0.05) is 10.9 Å². The zero-order valence-electron chi connectivity index (χ0n) is 7.98. The minimum atomic E-state index is -0.389. The van der Waals surface area contributed by atoms with Gasteiger partial charge < -0.3 is 0 Å². The van der Waals surface area contributed by atoms with E-state index in [0.717, 1.165) is 11.5 Å². The molecule has 0 atom stereocenters. The molecule has 0 saturated carbocycles. The van der Waals surface area contributed by atoms with Gasteiger partial charge in [0.25, 0.3) is 0 Å². The fraction of sp³-hybridized carbons (Fsp3) is 0.100. The molecule has 0 aliphatic rings. The third-order valence-corrected chi connectivity index (χ3v) is 3.20. The number of hydrogen-bond donors (Lipinski definition) is 0. The monoisotopic (exact) mass is 300 g/mol. The molecule has 0 aliphatic carbocycles. The molecular formula is C10H6BrFN2OS. The molecule has 1 aromatic carbocycles. The van der Waals surface area contributed by atoms with Crippen molar-refractivity contribution >= 4 is 33.2 Å². The predicted octanol–water partition coefficient (Wildman–Crippen LogP) is 2.87. The van der Waals surface area contributed by atoms with Gasteiger partial charge in [-0.2, -0.15) is 0 Å². The lowest BCUT2D eigenvalue weighted by Gasteiger charge is -2.01. The Balaban J connectivity index is 2.18. The highest BCUT2D eigenvalue weighted by Gasteiger charge is 2.12. The summed E-state index contributed by atoms with van der Waals surface area (Å²) in [5.41, 5.74) is 0.376. The number of hydrogen-bond acceptors (Lipinski definition) is 4. The van der Waals surface area contributed by atoms with Crippen LogP contribution in [0, 0.1) is 5.82 Å². The Kier molecular flexibility index (Phi) is 3.40. The molecule has 2 aromatic rings. The summed E-state index contributed by atoms with van der Waals surface area (Å²) in [4.78, 5) is 12.1. The molecule has 0 radical (unpaired) electrons. The van der Waals surface area contributed by atoms with Crippen molar-refractivity contribution in [2.24, 2.45) is 0 Å². The highest BCUT2D eigenvalue weighted by atomic mass is 79.9. The minimum Gasteiger partial charge on any atom is -0.293 e. The molecule has 0 unspecified atom stereocenters. The van der Waals surface area contributed by atoms with Gasteiger partial charge in [0.1, 0.15) is 10.7 Å². The predicted molar refractivity (Wildman–Crippen MR) is 62.0 cm³/mol. The zero-order valence-corrected chi connectivity index (χ0v) is 10.4. The van der Waals surface area contributed by atoms with E-state index in [1.165, 1.54) is 12.3 Å². The molecule has 16 heavy (non-hydrogen) atoms. The molecule has 0 aliphatic heterocycles. The Hall–Kier alpha value is -1.14. The second kappa shape index (κ2) is 4.80. The maximum absolute atomic E-state index is 13.4. The molecule has 0 saturated heterocycles. The van der Waals surface area contributed by atoms with Crippen molar-refractivity contribution in [3.63, 3.8) is 0 Å². The number of carbonyl (C=O) groups is 1. The van der Waals surface area contributed by atoms with Crippen LogP contribution in [0.5, 0.6) is 0 Å². The number of carbonyl (C=O) groups excluding carboxylic acids is 1. The summed E-state index contributed by atoms with van der Waals surface area (Å²) in [6, 6.07) is 4.63. The summed E-state index contributed by atoms with van der Waals surface area (Å²) in [6.45, 7) is 0. The summed E-state index contributed by atoms with van der Waals surface area (Å²) in [6.07, 6.45) is 1.42. The number of benzene rings is 1. The first-order valence-corrected chi connectivity index (χ1v) is 5.98. The van der Waals surface area contributed by atoms with Gasteiger partial charge in [-0.25, -0.2) is 4.39 Å². The maximum atomic E-state index is 13.4. The Bertz CT molecular complexity index is 516. The summed E-state index contributed by atoms with van der Waals surface area (Å²) in [7, 11) is 0. The highest BCUT2D eigenvalue weighted by molar-refractivity contribution is 9.10. The topological polar surface area (TPSA) is 42.9 Å². The molecular weight excluding hydrogens is 295 g/mol. The lowest BCUT2D eigenvalue weighted by Crippen LogP contribution is -2.03. The first-order valence-electron chi connectivity index (χ1n) is 4.41. The van der Waals surface area contributed by atoms with Crippen molar-refractivity contribution in [2.45, 2.75) is 6.42 Å². The SMILES string of the molecule is O=C(Cc1ccc(Br)cc1F)c1cnns1. The van der Waals surface area contributed by atoms with E-state index >= 15 is 0 Å². The number of nitrogens with zero attached hydrogens (tertiary/aromatic N) is 2. The highest BCUT2D eigenvalue weighted by Crippen LogP contribution is 2.17. The summed E-state index contributed by atoms with van der Waals surface area (Å²) in [5.74, 6) is -0.559. The van der Waals surface area contributed by atoms with Gasteiger partial charge in [-0.1, -0.05) is 26.5 Å². The van der Waals surface area contributed by atoms with E-state index in [1.807, 2.05) is 0 Å². The molecule has 1 aromatic heterocycles. The second-order valence-electron chi connectivity index (χ2n) is 3.12. The molecule has 1 heterocycles. The number of ketones is 1. The third-order valence-electron chi connectivity index (χ3n) is 2.00. The van der Waals surface area contributed by atoms with E-state index in [1.54, 1.807) is 12.1 Å². The van der Waals surface area contributed by atoms with Crippen LogP contribution in [-0.2, 0) is 6.42 Å². The van der Waals surface area contributed by atoms with Crippen LogP contribution in [0.3, 0.4) is 0 Å². The molecule has 0 N–H and O–H groups in total. The Morgan fingerprint density at radius 2 is 2.31 bits per heavy atom. The third kappa shape index (κ3) is 2.51. The first-order chi connectivity index (χ1) is 7.66. The van der Waals surface area contributed by atoms with Gasteiger partial charge in [-0.05, 0) is 29.2 Å². The maximum Gasteiger partial charge on any atom is 0.180 e. The molecule has 3 nitrogen and oxygen atoms in total. The molecule has 0 fully saturated rings. The van der Waals surface area contributed by atoms with Crippen molar-refractivity contribution in [3.8, 4) is 0 Å². The molecule has 2 rings (SSSR count). The van der Waals surface area contributed by atoms with Crippen LogP contribution in [0.25, 0.3) is 0 Å². The van der Waals surface area contributed by atoms with Gasteiger partial charge in [-0.15, -0.1) is 5.10 Å². The average Bonchev–Trinajstić information content (AvgIpc) is 2.75. The van der Waals surface area contributed by atoms with Crippen molar-refractivity contribution in [1.82, 2.24) is 9.59 Å². The Morgan fingerprint density at radius 1 is 1.50 bits per heavy atom. The molecule has 0 spiro atoms. The van der Waals surface area contributed by atoms with Crippen LogP contribution >= 0.6 is 27.5 Å². The van der Waals surface area contributed by atoms with Gasteiger partial charge in [-0.3, -0.25) is 4.79 Å². The van der Waals surface area contributed by atoms with Gasteiger partial charge >= 0.3 is 0 Å². The fourth-order valence-corrected chi connectivity index (χ4v) is 2.00. The second-order valence-corrected chi connectivity index (χ2v) is 4.82. The normalized spacial score (nSPS) is 10.4. The number of halogens is 2. The molecule has 82 valence electrons. The zero-order chi connectivity index (χ0) is 11.5. The number of aromatic nitrogens is 2. The van der Waals surface area contributed by atoms with Gasteiger partial charge in [0.2, 0.25) is 0 Å². The molecule has 6 heteroatoms. The van der Waals surface area contributed by atoms with E-state index in [4.69, 9.17) is 0 Å². The number of Topliss-reactive ketones (excluding diaryl/α,β-unsaturated/α-hetero) is 1. The van der Waals surface area contributed by atoms with E-state index in [-0.39, 0.29) is 18.0 Å². The van der Waals surface area contributed by atoms with Crippen molar-refractivity contribution in [3.05, 3.63) is 45.1 Å². The molecule has 0 amide bonds. The van der Waals surface area contributed by atoms with Crippen LogP contribution < -0.4 is 0 Å². The largest absolute Gasteiger partial charge is 0.293 e. The molecule has 0 bridgehead atoms. The van der Waals surface area contributed by atoms with Crippen molar-refractivity contribution in [1.29, 1.82) is 0 Å². The summed E-state index contributed by atoms with van der Waals surface area (Å²) < 4.78 is 17.7. The summed E-state index contributed by atoms with van der Waals surface area (Å²) >= 11 is 4.18. The van der Waals surface area contributed by atoms with Crippen molar-refractivity contribution in [2.75, 3.05) is 0 Å². The standard InChI is InChI=1S/C10H6BrFN2OS/c11-7-2-1-6(8(12)4-7)3-9(15)10-5-13-14-16-10/h1-2,4-5H,3H2. The van der Waals surface area contributed by atoms with Crippen LogP contribution in [0.1, 0.15) is 15.2 Å². The van der Waals surface area contributed by atoms with E-state index in [0.29, 0.717) is 14.9 Å². The smallest absolute Gasteiger partial charge is 0.180 e. The lowest BCUT2D eigenvalue weighted by atomic mass is 10.1. The number of rotatable bonds is 3. The van der Waals surface area contributed by atoms with E-state index in [9.17, 15) is 9.18 Å². The van der Waals surface area contributed by atoms with E-state index in [2.05, 4.69) is 25.5 Å². The Morgan fingerprint density at radius 3 is 2.94 bits per heavy atom. The van der Waals surface area contributed by atoms with Crippen LogP contribution in [0.15, 0.2) is 28.9 Å². The summed E-state index contributed by atoms with van der Waals surface area (Å²) in [5, 5.41) is 3.57. The van der Waals surface area contributed by atoms with E-state index < -0.39 is 0 Å². The fourth-order valence-electron chi connectivity index (χ4n) is 1.22. The average molecular weight is 301 g/mol. The van der Waals surface area contributed by atoms with Crippen LogP contribution in [0.4, 0.5) is 4.39 Å². The van der Waals surface area contributed by atoms with Gasteiger partial charge in [0.15, 0.2) is 5.78 Å². The van der Waals surface area contributed by atoms with Crippen LogP contribution in [0.2, 0.25) is 0 Å². The minimum absolute atomic E-state index is 0.0307. The Labute approximate surface area is 104 Å².